The second-order valence-corrected chi connectivity index (χ2v) is 6.21. The molecule has 82 valence electrons. The number of aryl methyl sites for hydroxylation is 1. The minimum Gasteiger partial charge on any atom is -0.288 e. The van der Waals surface area contributed by atoms with Gasteiger partial charge >= 0.3 is 0 Å². The van der Waals surface area contributed by atoms with Crippen LogP contribution in [0.5, 0.6) is 0 Å². The van der Waals surface area contributed by atoms with Crippen LogP contribution in [0.25, 0.3) is 0 Å². The Morgan fingerprint density at radius 3 is 2.75 bits per heavy atom. The maximum absolute atomic E-state index is 12.3. The van der Waals surface area contributed by atoms with E-state index in [1.807, 2.05) is 36.6 Å². The molecule has 0 fully saturated rings. The van der Waals surface area contributed by atoms with Crippen molar-refractivity contribution in [2.45, 2.75) is 6.92 Å². The summed E-state index contributed by atoms with van der Waals surface area (Å²) in [5, 5.41) is 1.92. The van der Waals surface area contributed by atoms with Gasteiger partial charge in [-0.3, -0.25) is 4.79 Å². The Hall–Kier alpha value is -0.200. The van der Waals surface area contributed by atoms with Gasteiger partial charge in [0, 0.05) is 13.6 Å². The number of hydrogen-bond acceptors (Lipinski definition) is 2. The summed E-state index contributed by atoms with van der Waals surface area (Å²) in [4.78, 5) is 13.0. The third-order valence-corrected chi connectivity index (χ3v) is 5.53. The van der Waals surface area contributed by atoms with E-state index in [9.17, 15) is 4.79 Å². The first-order valence-corrected chi connectivity index (χ1v) is 7.39. The van der Waals surface area contributed by atoms with Crippen LogP contribution in [0.15, 0.2) is 34.1 Å². The molecule has 1 aromatic carbocycles. The van der Waals surface area contributed by atoms with Crippen LogP contribution in [0.3, 0.4) is 0 Å². The van der Waals surface area contributed by atoms with Gasteiger partial charge in [-0.05, 0) is 68.5 Å². The Labute approximate surface area is 120 Å². The van der Waals surface area contributed by atoms with Crippen LogP contribution >= 0.6 is 49.9 Å². The molecule has 0 aliphatic rings. The summed E-state index contributed by atoms with van der Waals surface area (Å²) in [5.41, 5.74) is 1.92. The molecule has 1 heterocycles. The van der Waals surface area contributed by atoms with Crippen LogP contribution in [0.2, 0.25) is 0 Å². The molecule has 0 aliphatic heterocycles. The van der Waals surface area contributed by atoms with Crippen LogP contribution in [0.4, 0.5) is 0 Å². The quantitative estimate of drug-likeness (QED) is 0.523. The van der Waals surface area contributed by atoms with Crippen molar-refractivity contribution in [1.29, 1.82) is 0 Å². The number of hydrogen-bond donors (Lipinski definition) is 0. The molecule has 1 aromatic heterocycles. The average molecular weight is 407 g/mol. The maximum Gasteiger partial charge on any atom is 0.205 e. The van der Waals surface area contributed by atoms with Crippen molar-refractivity contribution in [1.82, 2.24) is 0 Å². The topological polar surface area (TPSA) is 17.1 Å². The molecule has 2 rings (SSSR count). The molecule has 0 unspecified atom stereocenters. The van der Waals surface area contributed by atoms with Gasteiger partial charge in [-0.25, -0.2) is 0 Å². The zero-order chi connectivity index (χ0) is 11.7. The number of carbonyl (C=O) groups is 1. The average Bonchev–Trinajstić information content (AvgIpc) is 2.68. The molecule has 4 heteroatoms. The molecule has 0 spiro atoms. The van der Waals surface area contributed by atoms with Gasteiger partial charge in [-0.15, -0.1) is 11.3 Å². The van der Waals surface area contributed by atoms with Crippen LogP contribution in [0.1, 0.15) is 20.8 Å². The summed E-state index contributed by atoms with van der Waals surface area (Å²) in [6.45, 7) is 2.02. The molecule has 0 bridgehead atoms. The van der Waals surface area contributed by atoms with Gasteiger partial charge in [0.2, 0.25) is 5.78 Å². The van der Waals surface area contributed by atoms with E-state index in [1.54, 1.807) is 0 Å². The molecule has 1 nitrogen and oxygen atoms in total. The van der Waals surface area contributed by atoms with Gasteiger partial charge in [0.1, 0.15) is 0 Å². The standard InChI is InChI=1S/C12H8BrIOS/c1-7-3-2-4-8(10(7)14)11(15)12-9(13)5-6-16-12/h2-6H,1H3. The van der Waals surface area contributed by atoms with Crippen molar-refractivity contribution < 1.29 is 4.79 Å². The van der Waals surface area contributed by atoms with Crippen molar-refractivity contribution in [2.75, 3.05) is 0 Å². The molecule has 0 radical (unpaired) electrons. The van der Waals surface area contributed by atoms with E-state index in [0.29, 0.717) is 0 Å². The van der Waals surface area contributed by atoms with E-state index >= 15 is 0 Å². The summed E-state index contributed by atoms with van der Waals surface area (Å²) in [6.07, 6.45) is 0. The second-order valence-electron chi connectivity index (χ2n) is 3.36. The molecule has 2 aromatic rings. The number of ketones is 1. The van der Waals surface area contributed by atoms with E-state index < -0.39 is 0 Å². The van der Waals surface area contributed by atoms with Gasteiger partial charge in [-0.1, -0.05) is 12.1 Å². The Morgan fingerprint density at radius 1 is 1.38 bits per heavy atom. The highest BCUT2D eigenvalue weighted by molar-refractivity contribution is 14.1. The van der Waals surface area contributed by atoms with E-state index in [-0.39, 0.29) is 5.78 Å². The first kappa shape index (κ1) is 12.3. The van der Waals surface area contributed by atoms with Gasteiger partial charge in [0.25, 0.3) is 0 Å². The van der Waals surface area contributed by atoms with Crippen molar-refractivity contribution in [3.8, 4) is 0 Å². The number of halogens is 2. The van der Waals surface area contributed by atoms with E-state index in [0.717, 1.165) is 24.0 Å². The second kappa shape index (κ2) is 4.98. The van der Waals surface area contributed by atoms with Crippen LogP contribution < -0.4 is 0 Å². The zero-order valence-corrected chi connectivity index (χ0v) is 13.0. The smallest absolute Gasteiger partial charge is 0.205 e. The highest BCUT2D eigenvalue weighted by Gasteiger charge is 2.17. The van der Waals surface area contributed by atoms with Crippen molar-refractivity contribution in [2.24, 2.45) is 0 Å². The van der Waals surface area contributed by atoms with Crippen molar-refractivity contribution in [3.63, 3.8) is 0 Å². The summed E-state index contributed by atoms with van der Waals surface area (Å²) in [6, 6.07) is 7.72. The molecule has 0 N–H and O–H groups in total. The maximum atomic E-state index is 12.3. The largest absolute Gasteiger partial charge is 0.288 e. The Morgan fingerprint density at radius 2 is 2.12 bits per heavy atom. The SMILES string of the molecule is Cc1cccc(C(=O)c2sccc2Br)c1I. The van der Waals surface area contributed by atoms with Crippen LogP contribution in [-0.4, -0.2) is 5.78 Å². The molecule has 0 atom stereocenters. The Kier molecular flexibility index (Phi) is 3.81. The van der Waals surface area contributed by atoms with E-state index in [1.165, 1.54) is 11.3 Å². The summed E-state index contributed by atoms with van der Waals surface area (Å²) >= 11 is 7.09. The lowest BCUT2D eigenvalue weighted by Gasteiger charge is -2.05. The fraction of sp³-hybridized carbons (Fsp3) is 0.0833. The molecule has 0 aliphatic carbocycles. The molecule has 0 saturated heterocycles. The highest BCUT2D eigenvalue weighted by atomic mass is 127. The van der Waals surface area contributed by atoms with Crippen molar-refractivity contribution in [3.05, 3.63) is 53.7 Å². The summed E-state index contributed by atoms with van der Waals surface area (Å²) in [5.74, 6) is 0.0926. The van der Waals surface area contributed by atoms with Crippen LogP contribution in [0, 0.1) is 10.5 Å². The number of benzene rings is 1. The fourth-order valence-corrected chi connectivity index (χ4v) is 3.51. The lowest BCUT2D eigenvalue weighted by Crippen LogP contribution is -2.03. The monoisotopic (exact) mass is 406 g/mol. The summed E-state index contributed by atoms with van der Waals surface area (Å²) < 4.78 is 1.91. The fourth-order valence-electron chi connectivity index (χ4n) is 1.40. The first-order valence-electron chi connectivity index (χ1n) is 4.64. The van der Waals surface area contributed by atoms with Gasteiger partial charge in [0.15, 0.2) is 0 Å². The predicted octanol–water partition coefficient (Wildman–Crippen LogP) is 4.65. The highest BCUT2D eigenvalue weighted by Crippen LogP contribution is 2.27. The summed E-state index contributed by atoms with van der Waals surface area (Å²) in [7, 11) is 0. The number of rotatable bonds is 2. The minimum absolute atomic E-state index is 0.0926. The lowest BCUT2D eigenvalue weighted by molar-refractivity contribution is 0.104. The van der Waals surface area contributed by atoms with E-state index in [4.69, 9.17) is 0 Å². The Bertz CT molecular complexity index is 548. The molecule has 0 saturated carbocycles. The minimum atomic E-state index is 0.0926. The molecule has 0 amide bonds. The number of carbonyl (C=O) groups excluding carboxylic acids is 1. The third-order valence-electron chi connectivity index (χ3n) is 2.26. The molecule has 16 heavy (non-hydrogen) atoms. The van der Waals surface area contributed by atoms with Gasteiger partial charge in [-0.2, -0.15) is 0 Å². The molecular formula is C12H8BrIOS. The van der Waals surface area contributed by atoms with Gasteiger partial charge < -0.3 is 0 Å². The predicted molar refractivity (Wildman–Crippen MR) is 79.3 cm³/mol. The Balaban J connectivity index is 2.50. The normalized spacial score (nSPS) is 10.4. The van der Waals surface area contributed by atoms with Crippen molar-refractivity contribution >= 4 is 55.6 Å². The third kappa shape index (κ3) is 2.24. The zero-order valence-electron chi connectivity index (χ0n) is 8.46. The lowest BCUT2D eigenvalue weighted by atomic mass is 10.1. The van der Waals surface area contributed by atoms with Gasteiger partial charge in [0.05, 0.1) is 4.88 Å². The molecular weight excluding hydrogens is 399 g/mol. The first-order chi connectivity index (χ1) is 7.61. The van der Waals surface area contributed by atoms with E-state index in [2.05, 4.69) is 38.5 Å². The number of thiophene rings is 1. The van der Waals surface area contributed by atoms with Crippen LogP contribution in [-0.2, 0) is 0 Å².